The lowest BCUT2D eigenvalue weighted by Gasteiger charge is -2.37. The summed E-state index contributed by atoms with van der Waals surface area (Å²) in [7, 11) is 3.18. The van der Waals surface area contributed by atoms with Gasteiger partial charge in [0.25, 0.3) is 0 Å². The zero-order valence-electron chi connectivity index (χ0n) is 17.6. The molecule has 0 unspecified atom stereocenters. The molecular formula is C23H28N2O5. The third kappa shape index (κ3) is 5.10. The zero-order valence-corrected chi connectivity index (χ0v) is 17.6. The molecule has 3 rings (SSSR count). The van der Waals surface area contributed by atoms with Crippen molar-refractivity contribution in [1.29, 1.82) is 0 Å². The van der Waals surface area contributed by atoms with Crippen LogP contribution in [0.15, 0.2) is 42.5 Å². The van der Waals surface area contributed by atoms with Gasteiger partial charge in [0, 0.05) is 18.3 Å². The van der Waals surface area contributed by atoms with Gasteiger partial charge in [0.05, 0.1) is 33.8 Å². The lowest BCUT2D eigenvalue weighted by atomic mass is 9.90. The monoisotopic (exact) mass is 412 g/mol. The molecule has 1 atom stereocenters. The van der Waals surface area contributed by atoms with Crippen LogP contribution in [0.4, 0.5) is 5.69 Å². The first-order valence-electron chi connectivity index (χ1n) is 10.0. The average molecular weight is 412 g/mol. The normalized spacial score (nSPS) is 15.8. The average Bonchev–Trinajstić information content (AvgIpc) is 2.75. The summed E-state index contributed by atoms with van der Waals surface area (Å²) in [6.07, 6.45) is 0.905. The van der Waals surface area contributed by atoms with Crippen LogP contribution in [0.25, 0.3) is 0 Å². The quantitative estimate of drug-likeness (QED) is 0.671. The smallest absolute Gasteiger partial charge is 0.307 e. The molecular weight excluding hydrogens is 384 g/mol. The molecule has 0 bridgehead atoms. The minimum absolute atomic E-state index is 0.126. The van der Waals surface area contributed by atoms with Gasteiger partial charge < -0.3 is 19.5 Å². The third-order valence-corrected chi connectivity index (χ3v) is 5.18. The molecule has 0 aliphatic carbocycles. The van der Waals surface area contributed by atoms with E-state index in [2.05, 4.69) is 5.32 Å². The molecule has 0 saturated carbocycles. The number of para-hydroxylation sites is 1. The third-order valence-electron chi connectivity index (χ3n) is 5.18. The highest BCUT2D eigenvalue weighted by Gasteiger charge is 2.32. The van der Waals surface area contributed by atoms with E-state index in [0.717, 1.165) is 23.2 Å². The fraction of sp³-hybridized carbons (Fsp3) is 0.391. The Kier molecular flexibility index (Phi) is 7.30. The number of hydrogen-bond acceptors (Lipinski definition) is 6. The molecule has 2 aromatic rings. The van der Waals surface area contributed by atoms with Crippen LogP contribution in [0, 0.1) is 0 Å². The molecule has 0 spiro atoms. The van der Waals surface area contributed by atoms with Crippen LogP contribution in [0.3, 0.4) is 0 Å². The second-order valence-corrected chi connectivity index (χ2v) is 7.07. The van der Waals surface area contributed by atoms with E-state index in [1.807, 2.05) is 47.4 Å². The first kappa shape index (κ1) is 21.6. The summed E-state index contributed by atoms with van der Waals surface area (Å²) in [5.74, 6) is 0.833. The summed E-state index contributed by atoms with van der Waals surface area (Å²) in [4.78, 5) is 27.0. The molecule has 1 aliphatic heterocycles. The highest BCUT2D eigenvalue weighted by Crippen LogP contribution is 2.39. The number of nitrogens with zero attached hydrogens (tertiary/aromatic N) is 1. The zero-order chi connectivity index (χ0) is 21.5. The molecule has 0 radical (unpaired) electrons. The van der Waals surface area contributed by atoms with Gasteiger partial charge in [0.15, 0.2) is 11.5 Å². The minimum atomic E-state index is -0.293. The fourth-order valence-corrected chi connectivity index (χ4v) is 3.79. The number of fused-ring (bicyclic) bond motifs is 1. The summed E-state index contributed by atoms with van der Waals surface area (Å²) in [5, 5.41) is 2.91. The first-order valence-corrected chi connectivity index (χ1v) is 10.0. The second kappa shape index (κ2) is 10.1. The highest BCUT2D eigenvalue weighted by atomic mass is 16.5. The van der Waals surface area contributed by atoms with Crippen molar-refractivity contribution in [2.45, 2.75) is 25.8 Å². The molecule has 1 aliphatic rings. The number of nitrogens with one attached hydrogen (secondary N) is 1. The van der Waals surface area contributed by atoms with E-state index in [4.69, 9.17) is 14.2 Å². The summed E-state index contributed by atoms with van der Waals surface area (Å²) in [6.45, 7) is 2.92. The predicted octanol–water partition coefficient (Wildman–Crippen LogP) is 3.19. The van der Waals surface area contributed by atoms with Crippen molar-refractivity contribution in [2.24, 2.45) is 0 Å². The number of hydrogen-bond donors (Lipinski definition) is 1. The Hall–Kier alpha value is -3.06. The Labute approximate surface area is 176 Å². The molecule has 0 aromatic heterocycles. The number of carbonyl (C=O) groups is 2. The van der Waals surface area contributed by atoms with Gasteiger partial charge in [-0.2, -0.15) is 0 Å². The van der Waals surface area contributed by atoms with Crippen molar-refractivity contribution in [3.63, 3.8) is 0 Å². The van der Waals surface area contributed by atoms with Crippen molar-refractivity contribution in [2.75, 3.05) is 39.2 Å². The van der Waals surface area contributed by atoms with E-state index >= 15 is 0 Å². The number of ether oxygens (including phenoxy) is 3. The van der Waals surface area contributed by atoms with Crippen molar-refractivity contribution in [3.05, 3.63) is 53.6 Å². The van der Waals surface area contributed by atoms with Crippen LogP contribution in [-0.2, 0) is 20.7 Å². The topological polar surface area (TPSA) is 77.1 Å². The van der Waals surface area contributed by atoms with Crippen LogP contribution in [-0.4, -0.2) is 50.7 Å². The Morgan fingerprint density at radius 3 is 2.47 bits per heavy atom. The lowest BCUT2D eigenvalue weighted by molar-refractivity contribution is -0.145. The maximum absolute atomic E-state index is 12.7. The molecule has 0 saturated heterocycles. The maximum Gasteiger partial charge on any atom is 0.307 e. The molecule has 2 aromatic carbocycles. The number of anilines is 1. The van der Waals surface area contributed by atoms with Crippen LogP contribution >= 0.6 is 0 Å². The predicted molar refractivity (Wildman–Crippen MR) is 114 cm³/mol. The van der Waals surface area contributed by atoms with Crippen molar-refractivity contribution >= 4 is 17.6 Å². The molecule has 1 N–H and O–H groups in total. The van der Waals surface area contributed by atoms with Crippen molar-refractivity contribution < 1.29 is 23.8 Å². The summed E-state index contributed by atoms with van der Waals surface area (Å²) in [6, 6.07) is 12.9. The van der Waals surface area contributed by atoms with Crippen LogP contribution in [0.2, 0.25) is 0 Å². The number of carbonyl (C=O) groups excluding carboxylic acids is 2. The minimum Gasteiger partial charge on any atom is -0.493 e. The standard InChI is InChI=1S/C23H28N2O5/c1-4-30-23(27)14-19-18-13-21(29-3)20(28-2)12-16(18)10-11-25(19)15-22(26)24-17-8-6-5-7-9-17/h5-9,12-13,19H,4,10-11,14-15H2,1-3H3,(H,24,26)/t19-/m1/s1. The molecule has 1 heterocycles. The summed E-state index contributed by atoms with van der Waals surface area (Å²) >= 11 is 0. The summed E-state index contributed by atoms with van der Waals surface area (Å²) < 4.78 is 16.1. The fourth-order valence-electron chi connectivity index (χ4n) is 3.79. The lowest BCUT2D eigenvalue weighted by Crippen LogP contribution is -2.41. The largest absolute Gasteiger partial charge is 0.493 e. The van der Waals surface area contributed by atoms with E-state index in [0.29, 0.717) is 24.7 Å². The summed E-state index contributed by atoms with van der Waals surface area (Å²) in [5.41, 5.74) is 2.79. The van der Waals surface area contributed by atoms with Gasteiger partial charge in [0.2, 0.25) is 5.91 Å². The van der Waals surface area contributed by atoms with Gasteiger partial charge in [-0.15, -0.1) is 0 Å². The molecule has 1 amide bonds. The molecule has 7 heteroatoms. The van der Waals surface area contributed by atoms with E-state index in [-0.39, 0.29) is 30.9 Å². The number of esters is 1. The second-order valence-electron chi connectivity index (χ2n) is 7.07. The van der Waals surface area contributed by atoms with Gasteiger partial charge in [0.1, 0.15) is 0 Å². The van der Waals surface area contributed by atoms with Crippen LogP contribution < -0.4 is 14.8 Å². The Morgan fingerprint density at radius 2 is 1.80 bits per heavy atom. The van der Waals surface area contributed by atoms with E-state index < -0.39 is 0 Å². The Morgan fingerprint density at radius 1 is 1.10 bits per heavy atom. The first-order chi connectivity index (χ1) is 14.5. The number of benzene rings is 2. The van der Waals surface area contributed by atoms with E-state index in [1.54, 1.807) is 21.1 Å². The van der Waals surface area contributed by atoms with Crippen LogP contribution in [0.5, 0.6) is 11.5 Å². The maximum atomic E-state index is 12.7. The van der Waals surface area contributed by atoms with Gasteiger partial charge in [-0.3, -0.25) is 14.5 Å². The Balaban J connectivity index is 1.85. The number of rotatable bonds is 8. The molecule has 7 nitrogen and oxygen atoms in total. The van der Waals surface area contributed by atoms with Crippen LogP contribution in [0.1, 0.15) is 30.5 Å². The highest BCUT2D eigenvalue weighted by molar-refractivity contribution is 5.92. The molecule has 0 fully saturated rings. The number of methoxy groups -OCH3 is 2. The van der Waals surface area contributed by atoms with Gasteiger partial charge in [-0.05, 0) is 48.7 Å². The van der Waals surface area contributed by atoms with Gasteiger partial charge in [-0.25, -0.2) is 0 Å². The van der Waals surface area contributed by atoms with Gasteiger partial charge in [-0.1, -0.05) is 18.2 Å². The van der Waals surface area contributed by atoms with E-state index in [1.165, 1.54) is 0 Å². The molecule has 30 heavy (non-hydrogen) atoms. The van der Waals surface area contributed by atoms with E-state index in [9.17, 15) is 9.59 Å². The SMILES string of the molecule is CCOC(=O)C[C@@H]1c2cc(OC)c(OC)cc2CCN1CC(=O)Nc1ccccc1. The van der Waals surface area contributed by atoms with Gasteiger partial charge >= 0.3 is 5.97 Å². The number of amides is 1. The Bertz CT molecular complexity index is 885. The van der Waals surface area contributed by atoms with Crippen molar-refractivity contribution in [3.8, 4) is 11.5 Å². The molecule has 160 valence electrons. The van der Waals surface area contributed by atoms with Crippen molar-refractivity contribution in [1.82, 2.24) is 4.90 Å².